The van der Waals surface area contributed by atoms with Gasteiger partial charge in [-0.2, -0.15) is 0 Å². The Kier molecular flexibility index (Phi) is 4.25. The van der Waals surface area contributed by atoms with Crippen LogP contribution in [0.5, 0.6) is 0 Å². The topological polar surface area (TPSA) is 51.8 Å². The van der Waals surface area contributed by atoms with E-state index in [9.17, 15) is 0 Å². The third-order valence-corrected chi connectivity index (χ3v) is 8.80. The van der Waals surface area contributed by atoms with E-state index < -0.39 is 18.1 Å². The quantitative estimate of drug-likeness (QED) is 0.212. The predicted molar refractivity (Wildman–Crippen MR) is 178 cm³/mol. The second-order valence-corrected chi connectivity index (χ2v) is 11.7. The molecule has 0 aliphatic heterocycles. The summed E-state index contributed by atoms with van der Waals surface area (Å²) in [6.07, 6.45) is 0. The summed E-state index contributed by atoms with van der Waals surface area (Å²) >= 11 is 0. The minimum atomic E-state index is -0.474. The van der Waals surface area contributed by atoms with Crippen LogP contribution in [-0.2, 0) is 5.41 Å². The largest absolute Gasteiger partial charge is 0.456 e. The maximum Gasteiger partial charge on any atom is 0.164 e. The van der Waals surface area contributed by atoms with Crippen molar-refractivity contribution in [3.63, 3.8) is 0 Å². The molecule has 2 heterocycles. The summed E-state index contributed by atoms with van der Waals surface area (Å²) in [4.78, 5) is 14.5. The van der Waals surface area contributed by atoms with Crippen molar-refractivity contribution in [2.75, 3.05) is 0 Å². The SMILES string of the molecule is [2H]c1c([2H])c([2H])c(-c2nc(-c3ccc4c(c3)-c3ccccc3C4(C)C)nc(-c3ccc4oc5cc6ccccc6cc5c4c3)n2)c([2H])c1[2H]. The van der Waals surface area contributed by atoms with Crippen LogP contribution in [0.4, 0.5) is 0 Å². The molecule has 0 saturated heterocycles. The number of nitrogens with zero attached hydrogens (tertiary/aromatic N) is 3. The first-order valence-electron chi connectivity index (χ1n) is 17.0. The van der Waals surface area contributed by atoms with E-state index in [1.54, 1.807) is 0 Å². The standard InChI is InChI=1S/C40H27N3O/c1-40(2)33-15-9-8-14-29(33)30-21-27(16-18-34(30)40)38-41-37(24-10-4-3-5-11-24)42-39(43-38)28-17-19-35-31(22-28)32-20-25-12-6-7-13-26(25)23-36(32)44-35/h3-23H,1-2H3/i3D,4D,5D,10D,11D. The lowest BCUT2D eigenvalue weighted by molar-refractivity contribution is 0.660. The van der Waals surface area contributed by atoms with Crippen molar-refractivity contribution in [2.45, 2.75) is 19.3 Å². The molecule has 9 rings (SSSR count). The van der Waals surface area contributed by atoms with Crippen molar-refractivity contribution in [2.24, 2.45) is 0 Å². The second kappa shape index (κ2) is 9.19. The highest BCUT2D eigenvalue weighted by molar-refractivity contribution is 6.10. The maximum absolute atomic E-state index is 8.71. The fourth-order valence-electron chi connectivity index (χ4n) is 6.57. The Hall–Kier alpha value is -5.61. The Morgan fingerprint density at radius 2 is 1.16 bits per heavy atom. The molecule has 0 spiro atoms. The van der Waals surface area contributed by atoms with Crippen LogP contribution in [0, 0.1) is 0 Å². The number of furan rings is 1. The highest BCUT2D eigenvalue weighted by atomic mass is 16.3. The Morgan fingerprint density at radius 1 is 0.545 bits per heavy atom. The number of hydrogen-bond acceptors (Lipinski definition) is 4. The van der Waals surface area contributed by atoms with Gasteiger partial charge >= 0.3 is 0 Å². The van der Waals surface area contributed by atoms with Gasteiger partial charge in [0.15, 0.2) is 17.5 Å². The van der Waals surface area contributed by atoms with Crippen LogP contribution in [0.25, 0.3) is 78.0 Å². The average Bonchev–Trinajstić information content (AvgIpc) is 3.59. The molecule has 0 unspecified atom stereocenters. The summed E-state index contributed by atoms with van der Waals surface area (Å²) in [5, 5.41) is 4.02. The molecule has 0 N–H and O–H groups in total. The van der Waals surface area contributed by atoms with E-state index in [0.29, 0.717) is 22.8 Å². The monoisotopic (exact) mass is 570 g/mol. The maximum atomic E-state index is 8.71. The van der Waals surface area contributed by atoms with Gasteiger partial charge in [0, 0.05) is 32.9 Å². The Balaban J connectivity index is 1.29. The van der Waals surface area contributed by atoms with Gasteiger partial charge in [0.25, 0.3) is 0 Å². The van der Waals surface area contributed by atoms with Crippen LogP contribution in [0.15, 0.2) is 132 Å². The summed E-state index contributed by atoms with van der Waals surface area (Å²) in [5.74, 6) is 0.645. The Labute approximate surface area is 261 Å². The van der Waals surface area contributed by atoms with Gasteiger partial charge in [-0.3, -0.25) is 0 Å². The Bertz CT molecular complexity index is 2690. The van der Waals surface area contributed by atoms with Gasteiger partial charge in [0.1, 0.15) is 11.2 Å². The molecule has 0 fully saturated rings. The zero-order valence-electron chi connectivity index (χ0n) is 29.0. The molecule has 1 aliphatic rings. The summed E-state index contributed by atoms with van der Waals surface area (Å²) in [5.41, 5.74) is 7.30. The molecular weight excluding hydrogens is 538 g/mol. The smallest absolute Gasteiger partial charge is 0.164 e. The van der Waals surface area contributed by atoms with Crippen LogP contribution in [0.1, 0.15) is 31.8 Å². The van der Waals surface area contributed by atoms with Crippen LogP contribution in [0.2, 0.25) is 0 Å². The molecule has 208 valence electrons. The lowest BCUT2D eigenvalue weighted by Crippen LogP contribution is -2.14. The third-order valence-electron chi connectivity index (χ3n) is 8.80. The molecule has 44 heavy (non-hydrogen) atoms. The molecule has 8 aromatic rings. The van der Waals surface area contributed by atoms with Gasteiger partial charge < -0.3 is 4.42 Å². The number of aromatic nitrogens is 3. The molecule has 0 atom stereocenters. The van der Waals surface area contributed by atoms with E-state index >= 15 is 0 Å². The van der Waals surface area contributed by atoms with Gasteiger partial charge in [-0.15, -0.1) is 0 Å². The molecule has 0 amide bonds. The molecule has 4 heteroatoms. The zero-order valence-corrected chi connectivity index (χ0v) is 24.0. The van der Waals surface area contributed by atoms with Crippen LogP contribution in [-0.4, -0.2) is 15.0 Å². The number of fused-ring (bicyclic) bond motifs is 7. The predicted octanol–water partition coefficient (Wildman–Crippen LogP) is 10.2. The number of hydrogen-bond donors (Lipinski definition) is 0. The van der Waals surface area contributed by atoms with E-state index in [4.69, 9.17) is 26.2 Å². The second-order valence-electron chi connectivity index (χ2n) is 11.7. The van der Waals surface area contributed by atoms with E-state index in [2.05, 4.69) is 62.4 Å². The first-order chi connectivity index (χ1) is 23.6. The molecule has 0 bridgehead atoms. The van der Waals surface area contributed by atoms with Crippen molar-refractivity contribution in [3.05, 3.63) is 138 Å². The summed E-state index contributed by atoms with van der Waals surface area (Å²) in [6, 6.07) is 30.4. The van der Waals surface area contributed by atoms with Gasteiger partial charge in [-0.1, -0.05) is 105 Å². The molecule has 2 aromatic heterocycles. The molecular formula is C40H27N3O. The molecule has 4 nitrogen and oxygen atoms in total. The summed E-state index contributed by atoms with van der Waals surface area (Å²) < 4.78 is 48.4. The van der Waals surface area contributed by atoms with Crippen LogP contribution in [0.3, 0.4) is 0 Å². The molecule has 0 saturated carbocycles. The average molecular weight is 571 g/mol. The minimum Gasteiger partial charge on any atom is -0.456 e. The highest BCUT2D eigenvalue weighted by Gasteiger charge is 2.35. The van der Waals surface area contributed by atoms with Crippen molar-refractivity contribution in [1.29, 1.82) is 0 Å². The number of benzene rings is 6. The van der Waals surface area contributed by atoms with Crippen molar-refractivity contribution in [3.8, 4) is 45.3 Å². The summed E-state index contributed by atoms with van der Waals surface area (Å²) in [6.45, 7) is 4.43. The van der Waals surface area contributed by atoms with Gasteiger partial charge in [-0.05, 0) is 69.4 Å². The highest BCUT2D eigenvalue weighted by Crippen LogP contribution is 2.49. The first kappa shape index (κ1) is 20.3. The van der Waals surface area contributed by atoms with E-state index in [1.807, 2.05) is 48.5 Å². The minimum absolute atomic E-state index is 0.00127. The van der Waals surface area contributed by atoms with Crippen LogP contribution < -0.4 is 0 Å². The van der Waals surface area contributed by atoms with Gasteiger partial charge in [0.05, 0.1) is 6.85 Å². The van der Waals surface area contributed by atoms with E-state index in [0.717, 1.165) is 43.8 Å². The lowest BCUT2D eigenvalue weighted by Gasteiger charge is -2.21. The zero-order chi connectivity index (χ0) is 33.8. The normalized spacial score (nSPS) is 15.0. The summed E-state index contributed by atoms with van der Waals surface area (Å²) in [7, 11) is 0. The van der Waals surface area contributed by atoms with Gasteiger partial charge in [-0.25, -0.2) is 15.0 Å². The van der Waals surface area contributed by atoms with Crippen LogP contribution >= 0.6 is 0 Å². The van der Waals surface area contributed by atoms with E-state index in [-0.39, 0.29) is 28.9 Å². The van der Waals surface area contributed by atoms with Gasteiger partial charge in [0.2, 0.25) is 0 Å². The van der Waals surface area contributed by atoms with Crippen molar-refractivity contribution >= 4 is 32.7 Å². The van der Waals surface area contributed by atoms with E-state index in [1.165, 1.54) is 11.1 Å². The van der Waals surface area contributed by atoms with Crippen molar-refractivity contribution < 1.29 is 11.3 Å². The first-order valence-corrected chi connectivity index (χ1v) is 14.5. The molecule has 1 aliphatic carbocycles. The Morgan fingerprint density at radius 3 is 1.95 bits per heavy atom. The fraction of sp³-hybridized carbons (Fsp3) is 0.0750. The number of rotatable bonds is 3. The molecule has 0 radical (unpaired) electrons. The molecule has 6 aromatic carbocycles. The van der Waals surface area contributed by atoms with Crippen molar-refractivity contribution in [1.82, 2.24) is 15.0 Å². The third kappa shape index (κ3) is 3.74. The lowest BCUT2D eigenvalue weighted by atomic mass is 9.82. The fourth-order valence-corrected chi connectivity index (χ4v) is 6.57.